The summed E-state index contributed by atoms with van der Waals surface area (Å²) >= 11 is 0. The van der Waals surface area contributed by atoms with E-state index in [1.54, 1.807) is 4.68 Å². The summed E-state index contributed by atoms with van der Waals surface area (Å²) < 4.78 is 3.58. The Kier molecular flexibility index (Phi) is 5.39. The van der Waals surface area contributed by atoms with Gasteiger partial charge in [0.2, 0.25) is 0 Å². The molecule has 6 nitrogen and oxygen atoms in total. The quantitative estimate of drug-likeness (QED) is 0.482. The van der Waals surface area contributed by atoms with Crippen molar-refractivity contribution in [3.05, 3.63) is 93.7 Å². The van der Waals surface area contributed by atoms with E-state index in [0.717, 1.165) is 36.5 Å². The van der Waals surface area contributed by atoms with Gasteiger partial charge in [0.05, 0.1) is 11.7 Å². The molecule has 0 fully saturated rings. The van der Waals surface area contributed by atoms with Gasteiger partial charge in [-0.1, -0.05) is 74.5 Å². The van der Waals surface area contributed by atoms with Crippen molar-refractivity contribution in [2.24, 2.45) is 7.05 Å². The van der Waals surface area contributed by atoms with E-state index in [9.17, 15) is 4.79 Å². The molecule has 4 aromatic rings. The molecule has 0 aliphatic carbocycles. The molecule has 2 aromatic carbocycles. The van der Waals surface area contributed by atoms with Crippen LogP contribution in [-0.2, 0) is 26.6 Å². The second-order valence-corrected chi connectivity index (χ2v) is 8.95. The molecule has 0 saturated carbocycles. The minimum Gasteiger partial charge on any atom is -0.292 e. The third-order valence-corrected chi connectivity index (χ3v) is 6.40. The van der Waals surface area contributed by atoms with E-state index in [0.29, 0.717) is 12.1 Å². The zero-order valence-corrected chi connectivity index (χ0v) is 18.9. The lowest BCUT2D eigenvalue weighted by atomic mass is 10.0. The number of rotatable bonds is 5. The van der Waals surface area contributed by atoms with Crippen LogP contribution in [0.1, 0.15) is 48.5 Å². The summed E-state index contributed by atoms with van der Waals surface area (Å²) in [5.74, 6) is 1.05. The normalized spacial score (nSPS) is 16.6. The molecule has 1 aliphatic heterocycles. The molecule has 0 amide bonds. The summed E-state index contributed by atoms with van der Waals surface area (Å²) in [6.45, 7) is 6.47. The van der Waals surface area contributed by atoms with Crippen LogP contribution < -0.4 is 5.56 Å². The molecular weight excluding hydrogens is 398 g/mol. The molecule has 0 radical (unpaired) electrons. The summed E-state index contributed by atoms with van der Waals surface area (Å²) in [7, 11) is 1.84. The van der Waals surface area contributed by atoms with E-state index in [4.69, 9.17) is 4.98 Å². The molecule has 1 atom stereocenters. The molecule has 0 bridgehead atoms. The molecule has 6 heteroatoms. The van der Waals surface area contributed by atoms with Crippen molar-refractivity contribution in [1.82, 2.24) is 24.2 Å². The Balaban J connectivity index is 1.65. The predicted molar refractivity (Wildman–Crippen MR) is 127 cm³/mol. The highest BCUT2D eigenvalue weighted by Gasteiger charge is 2.32. The topological polar surface area (TPSA) is 56.0 Å². The van der Waals surface area contributed by atoms with Gasteiger partial charge in [0.1, 0.15) is 11.3 Å². The first-order valence-corrected chi connectivity index (χ1v) is 11.3. The Labute approximate surface area is 188 Å². The Bertz CT molecular complexity index is 1290. The second kappa shape index (κ2) is 8.36. The van der Waals surface area contributed by atoms with Crippen LogP contribution >= 0.6 is 0 Å². The number of aromatic nitrogens is 4. The van der Waals surface area contributed by atoms with Gasteiger partial charge in [-0.05, 0) is 23.5 Å². The summed E-state index contributed by atoms with van der Waals surface area (Å²) in [4.78, 5) is 21.1. The lowest BCUT2D eigenvalue weighted by Gasteiger charge is -2.37. The van der Waals surface area contributed by atoms with E-state index >= 15 is 0 Å². The number of aryl methyl sites for hydroxylation is 1. The zero-order valence-electron chi connectivity index (χ0n) is 18.9. The minimum atomic E-state index is 0.0173. The number of benzene rings is 2. The summed E-state index contributed by atoms with van der Waals surface area (Å²) in [6, 6.07) is 21.0. The maximum absolute atomic E-state index is 13.5. The number of hydrogen-bond donors (Lipinski definition) is 0. The van der Waals surface area contributed by atoms with Gasteiger partial charge in [-0.15, -0.1) is 0 Å². The van der Waals surface area contributed by atoms with E-state index in [1.807, 2.05) is 23.7 Å². The number of fused-ring (bicyclic) bond motifs is 2. The lowest BCUT2D eigenvalue weighted by Crippen LogP contribution is -2.44. The smallest absolute Gasteiger partial charge is 0.279 e. The molecule has 1 unspecified atom stereocenters. The fourth-order valence-electron chi connectivity index (χ4n) is 4.76. The van der Waals surface area contributed by atoms with E-state index < -0.39 is 0 Å². The second-order valence-electron chi connectivity index (χ2n) is 8.95. The van der Waals surface area contributed by atoms with Crippen LogP contribution in [0, 0.1) is 0 Å². The van der Waals surface area contributed by atoms with E-state index in [1.165, 1.54) is 11.1 Å². The molecule has 1 aliphatic rings. The van der Waals surface area contributed by atoms with Crippen molar-refractivity contribution >= 4 is 11.0 Å². The first-order chi connectivity index (χ1) is 15.5. The maximum Gasteiger partial charge on any atom is 0.279 e. The predicted octanol–water partition coefficient (Wildman–Crippen LogP) is 4.05. The van der Waals surface area contributed by atoms with Crippen molar-refractivity contribution < 1.29 is 0 Å². The van der Waals surface area contributed by atoms with Gasteiger partial charge in [0.25, 0.3) is 5.56 Å². The molecular formula is C26H29N5O. The third-order valence-electron chi connectivity index (χ3n) is 6.40. The highest BCUT2D eigenvalue weighted by atomic mass is 16.1. The van der Waals surface area contributed by atoms with Crippen LogP contribution in [0.15, 0.2) is 65.5 Å². The molecule has 3 heterocycles. The Morgan fingerprint density at radius 1 is 0.969 bits per heavy atom. The molecule has 0 spiro atoms. The average molecular weight is 428 g/mol. The van der Waals surface area contributed by atoms with Gasteiger partial charge in [-0.3, -0.25) is 18.9 Å². The number of nitrogens with zero attached hydrogens (tertiary/aromatic N) is 5. The van der Waals surface area contributed by atoms with Crippen molar-refractivity contribution in [2.45, 2.75) is 45.3 Å². The summed E-state index contributed by atoms with van der Waals surface area (Å²) in [5, 5.41) is 4.64. The monoisotopic (exact) mass is 427 g/mol. The first kappa shape index (κ1) is 20.6. The molecule has 5 rings (SSSR count). The van der Waals surface area contributed by atoms with Crippen LogP contribution in [0.3, 0.4) is 0 Å². The lowest BCUT2D eigenvalue weighted by molar-refractivity contribution is 0.139. The van der Waals surface area contributed by atoms with E-state index in [2.05, 4.69) is 72.4 Å². The van der Waals surface area contributed by atoms with Crippen LogP contribution in [0.4, 0.5) is 0 Å². The van der Waals surface area contributed by atoms with Crippen molar-refractivity contribution in [3.8, 4) is 0 Å². The highest BCUT2D eigenvalue weighted by molar-refractivity contribution is 5.77. The van der Waals surface area contributed by atoms with Crippen molar-refractivity contribution in [2.75, 3.05) is 6.54 Å². The number of hydrogen-bond acceptors (Lipinski definition) is 4. The van der Waals surface area contributed by atoms with Gasteiger partial charge < -0.3 is 0 Å². The minimum absolute atomic E-state index is 0.0173. The standard InChI is InChI=1S/C26H29N5O/c1-18(2)22-23-24(29(3)28-22)26(32)31-15-14-30(17-20-12-8-5-9-13-20)21(25(31)27-23)16-19-10-6-4-7-11-19/h4-13,18,21H,14-17H2,1-3H3. The SMILES string of the molecule is CC(C)c1nn(C)c2c(=O)n3c(nc12)C(Cc1ccccc1)N(Cc1ccccc1)CC3. The van der Waals surface area contributed by atoms with Crippen LogP contribution in [0.2, 0.25) is 0 Å². The molecule has 2 aromatic heterocycles. The molecule has 164 valence electrons. The van der Waals surface area contributed by atoms with Gasteiger partial charge in [-0.25, -0.2) is 4.98 Å². The van der Waals surface area contributed by atoms with Crippen molar-refractivity contribution in [1.29, 1.82) is 0 Å². The average Bonchev–Trinajstić information content (AvgIpc) is 3.14. The van der Waals surface area contributed by atoms with Crippen LogP contribution in [-0.4, -0.2) is 30.8 Å². The maximum atomic E-state index is 13.5. The fraction of sp³-hybridized carbons (Fsp3) is 0.346. The largest absolute Gasteiger partial charge is 0.292 e. The summed E-state index contributed by atoms with van der Waals surface area (Å²) in [6.07, 6.45) is 0.808. The molecule has 0 saturated heterocycles. The van der Waals surface area contributed by atoms with Gasteiger partial charge in [-0.2, -0.15) is 5.10 Å². The fourth-order valence-corrected chi connectivity index (χ4v) is 4.76. The Hall–Kier alpha value is -3.25. The third kappa shape index (κ3) is 3.65. The van der Waals surface area contributed by atoms with Crippen LogP contribution in [0.5, 0.6) is 0 Å². The molecule has 32 heavy (non-hydrogen) atoms. The summed E-state index contributed by atoms with van der Waals surface area (Å²) in [5.41, 5.74) is 4.78. The van der Waals surface area contributed by atoms with Gasteiger partial charge in [0, 0.05) is 26.7 Å². The first-order valence-electron chi connectivity index (χ1n) is 11.3. The van der Waals surface area contributed by atoms with Crippen LogP contribution in [0.25, 0.3) is 11.0 Å². The van der Waals surface area contributed by atoms with Gasteiger partial charge in [0.15, 0.2) is 5.52 Å². The van der Waals surface area contributed by atoms with E-state index in [-0.39, 0.29) is 17.5 Å². The van der Waals surface area contributed by atoms with Gasteiger partial charge >= 0.3 is 0 Å². The highest BCUT2D eigenvalue weighted by Crippen LogP contribution is 2.31. The Morgan fingerprint density at radius 2 is 1.62 bits per heavy atom. The van der Waals surface area contributed by atoms with Crippen molar-refractivity contribution in [3.63, 3.8) is 0 Å². The Morgan fingerprint density at radius 3 is 2.28 bits per heavy atom. The molecule has 0 N–H and O–H groups in total. The zero-order chi connectivity index (χ0) is 22.2.